The summed E-state index contributed by atoms with van der Waals surface area (Å²) < 4.78 is 18.1. The molecule has 1 aromatic heterocycles. The van der Waals surface area contributed by atoms with Gasteiger partial charge in [0.15, 0.2) is 5.82 Å². The van der Waals surface area contributed by atoms with Gasteiger partial charge in [0.2, 0.25) is 0 Å². The molecule has 7 nitrogen and oxygen atoms in total. The zero-order chi connectivity index (χ0) is 16.4. The average molecular weight is 331 g/mol. The van der Waals surface area contributed by atoms with Gasteiger partial charge < -0.3 is 19.0 Å². The van der Waals surface area contributed by atoms with E-state index in [9.17, 15) is 0 Å². The van der Waals surface area contributed by atoms with Crippen molar-refractivity contribution in [3.8, 4) is 0 Å². The summed E-state index contributed by atoms with van der Waals surface area (Å²) in [6.07, 6.45) is 5.78. The van der Waals surface area contributed by atoms with Crippen molar-refractivity contribution in [1.29, 1.82) is 0 Å². The molecular formula is C14H30N4O3Si. The lowest BCUT2D eigenvalue weighted by atomic mass is 10.00. The zero-order valence-electron chi connectivity index (χ0n) is 14.2. The van der Waals surface area contributed by atoms with Crippen molar-refractivity contribution >= 4 is 8.80 Å². The van der Waals surface area contributed by atoms with E-state index in [1.165, 1.54) is 0 Å². The summed E-state index contributed by atoms with van der Waals surface area (Å²) in [6, 6.07) is 0.760. The molecule has 1 heterocycles. The summed E-state index contributed by atoms with van der Waals surface area (Å²) in [5.74, 6) is 1.32. The maximum absolute atomic E-state index is 5.58. The molecule has 1 aromatic rings. The van der Waals surface area contributed by atoms with Crippen molar-refractivity contribution in [2.75, 3.05) is 27.9 Å². The van der Waals surface area contributed by atoms with Gasteiger partial charge in [-0.3, -0.25) is 4.68 Å². The molecule has 1 atom stereocenters. The molecule has 0 fully saturated rings. The molecule has 0 spiro atoms. The molecule has 128 valence electrons. The van der Waals surface area contributed by atoms with E-state index in [1.54, 1.807) is 27.7 Å². The summed E-state index contributed by atoms with van der Waals surface area (Å²) >= 11 is 0. The zero-order valence-corrected chi connectivity index (χ0v) is 15.2. The van der Waals surface area contributed by atoms with Gasteiger partial charge in [0.25, 0.3) is 0 Å². The fourth-order valence-electron chi connectivity index (χ4n) is 2.50. The molecule has 0 aliphatic heterocycles. The summed E-state index contributed by atoms with van der Waals surface area (Å²) in [6.45, 7) is 3.66. The second-order valence-electron chi connectivity index (χ2n) is 5.30. The van der Waals surface area contributed by atoms with Crippen molar-refractivity contribution in [1.82, 2.24) is 14.8 Å². The van der Waals surface area contributed by atoms with Crippen LogP contribution in [0.25, 0.3) is 0 Å². The molecule has 0 bridgehead atoms. The molecule has 1 unspecified atom stereocenters. The molecule has 0 aliphatic carbocycles. The van der Waals surface area contributed by atoms with Crippen LogP contribution in [0.5, 0.6) is 0 Å². The maximum Gasteiger partial charge on any atom is 0.500 e. The Morgan fingerprint density at radius 3 is 2.45 bits per heavy atom. The first-order valence-corrected chi connectivity index (χ1v) is 9.82. The lowest BCUT2D eigenvalue weighted by Gasteiger charge is -2.24. The molecule has 0 aliphatic rings. The van der Waals surface area contributed by atoms with Gasteiger partial charge in [0, 0.05) is 39.8 Å². The van der Waals surface area contributed by atoms with Crippen molar-refractivity contribution in [2.24, 2.45) is 5.73 Å². The Kier molecular flexibility index (Phi) is 8.80. The summed E-state index contributed by atoms with van der Waals surface area (Å²) in [7, 11) is 2.42. The smallest absolute Gasteiger partial charge is 0.377 e. The lowest BCUT2D eigenvalue weighted by Crippen LogP contribution is -2.42. The SMILES string of the molecule is CCC(CCCN)c1ncn(CCC[Si](OC)(OC)OC)n1. The number of rotatable bonds is 12. The Morgan fingerprint density at radius 2 is 1.91 bits per heavy atom. The molecule has 0 aromatic carbocycles. The van der Waals surface area contributed by atoms with E-state index in [1.807, 2.05) is 4.68 Å². The molecule has 1 rings (SSSR count). The summed E-state index contributed by atoms with van der Waals surface area (Å²) in [4.78, 5) is 4.44. The number of nitrogens with zero attached hydrogens (tertiary/aromatic N) is 3. The Hall–Kier alpha value is -0.803. The van der Waals surface area contributed by atoms with Crippen LogP contribution >= 0.6 is 0 Å². The van der Waals surface area contributed by atoms with E-state index in [0.717, 1.165) is 50.6 Å². The first kappa shape index (κ1) is 19.2. The Balaban J connectivity index is 2.51. The van der Waals surface area contributed by atoms with E-state index in [2.05, 4.69) is 17.0 Å². The van der Waals surface area contributed by atoms with Crippen LogP contribution in [-0.4, -0.2) is 51.4 Å². The minimum atomic E-state index is -2.49. The summed E-state index contributed by atoms with van der Waals surface area (Å²) in [5, 5.41) is 4.59. The molecule has 0 radical (unpaired) electrons. The minimum Gasteiger partial charge on any atom is -0.377 e. The van der Waals surface area contributed by atoms with Crippen LogP contribution in [0, 0.1) is 0 Å². The van der Waals surface area contributed by atoms with Crippen molar-refractivity contribution in [3.63, 3.8) is 0 Å². The second kappa shape index (κ2) is 10.1. The number of nitrogens with two attached hydrogens (primary N) is 1. The van der Waals surface area contributed by atoms with Gasteiger partial charge in [-0.1, -0.05) is 6.92 Å². The molecule has 0 saturated heterocycles. The van der Waals surface area contributed by atoms with Gasteiger partial charge in [0.1, 0.15) is 6.33 Å². The lowest BCUT2D eigenvalue weighted by molar-refractivity contribution is 0.122. The number of hydrogen-bond acceptors (Lipinski definition) is 6. The highest BCUT2D eigenvalue weighted by atomic mass is 28.4. The van der Waals surface area contributed by atoms with Gasteiger partial charge in [-0.25, -0.2) is 4.98 Å². The average Bonchev–Trinajstić information content (AvgIpc) is 3.01. The van der Waals surface area contributed by atoms with Gasteiger partial charge in [-0.2, -0.15) is 5.10 Å². The molecule has 22 heavy (non-hydrogen) atoms. The molecular weight excluding hydrogens is 300 g/mol. The Bertz CT molecular complexity index is 404. The van der Waals surface area contributed by atoms with Gasteiger partial charge in [-0.05, 0) is 32.2 Å². The predicted octanol–water partition coefficient (Wildman–Crippen LogP) is 1.78. The van der Waals surface area contributed by atoms with Crippen LogP contribution in [0.2, 0.25) is 6.04 Å². The quantitative estimate of drug-likeness (QED) is 0.588. The van der Waals surface area contributed by atoms with Crippen LogP contribution in [0.4, 0.5) is 0 Å². The second-order valence-corrected chi connectivity index (χ2v) is 8.39. The third-order valence-corrected chi connectivity index (χ3v) is 6.80. The predicted molar refractivity (Wildman–Crippen MR) is 87.5 cm³/mol. The standard InChI is InChI=1S/C14H30N4O3Si/c1-5-13(8-6-9-15)14-16-12-18(17-14)10-7-11-22(19-2,20-3)21-4/h12-13H,5-11,15H2,1-4H3. The van der Waals surface area contributed by atoms with Gasteiger partial charge >= 0.3 is 8.80 Å². The van der Waals surface area contributed by atoms with Crippen LogP contribution in [-0.2, 0) is 19.8 Å². The van der Waals surface area contributed by atoms with Crippen molar-refractivity contribution < 1.29 is 13.3 Å². The highest BCUT2D eigenvalue weighted by Gasteiger charge is 2.36. The van der Waals surface area contributed by atoms with E-state index in [-0.39, 0.29) is 0 Å². The highest BCUT2D eigenvalue weighted by Crippen LogP contribution is 2.21. The minimum absolute atomic E-state index is 0.398. The van der Waals surface area contributed by atoms with E-state index in [4.69, 9.17) is 19.0 Å². The highest BCUT2D eigenvalue weighted by molar-refractivity contribution is 6.60. The third kappa shape index (κ3) is 5.44. The maximum atomic E-state index is 5.58. The van der Waals surface area contributed by atoms with Gasteiger partial charge in [0.05, 0.1) is 0 Å². The molecule has 2 N–H and O–H groups in total. The fourth-order valence-corrected chi connectivity index (χ4v) is 4.20. The first-order valence-electron chi connectivity index (χ1n) is 7.89. The van der Waals surface area contributed by atoms with E-state index >= 15 is 0 Å². The fraction of sp³-hybridized carbons (Fsp3) is 0.857. The van der Waals surface area contributed by atoms with Crippen LogP contribution in [0.3, 0.4) is 0 Å². The van der Waals surface area contributed by atoms with Crippen LogP contribution in [0.1, 0.15) is 44.3 Å². The number of aryl methyl sites for hydroxylation is 1. The third-order valence-electron chi connectivity index (χ3n) is 3.97. The van der Waals surface area contributed by atoms with Crippen molar-refractivity contribution in [2.45, 2.75) is 51.1 Å². The largest absolute Gasteiger partial charge is 0.500 e. The Labute approximate surface area is 134 Å². The van der Waals surface area contributed by atoms with Gasteiger partial charge in [-0.15, -0.1) is 0 Å². The molecule has 0 amide bonds. The van der Waals surface area contributed by atoms with Crippen LogP contribution in [0.15, 0.2) is 6.33 Å². The Morgan fingerprint density at radius 1 is 1.23 bits per heavy atom. The molecule has 8 heteroatoms. The number of hydrogen-bond donors (Lipinski definition) is 1. The first-order chi connectivity index (χ1) is 10.6. The normalized spacial score (nSPS) is 13.5. The monoisotopic (exact) mass is 330 g/mol. The van der Waals surface area contributed by atoms with E-state index < -0.39 is 8.80 Å². The summed E-state index contributed by atoms with van der Waals surface area (Å²) in [5.41, 5.74) is 5.58. The topological polar surface area (TPSA) is 84.4 Å². The van der Waals surface area contributed by atoms with E-state index in [0.29, 0.717) is 5.92 Å². The molecule has 0 saturated carbocycles. The van der Waals surface area contributed by atoms with Crippen LogP contribution < -0.4 is 5.73 Å². The number of aromatic nitrogens is 3. The van der Waals surface area contributed by atoms with Crippen molar-refractivity contribution in [3.05, 3.63) is 12.2 Å².